The van der Waals surface area contributed by atoms with Gasteiger partial charge in [-0.05, 0) is 30.7 Å². The first-order valence-electron chi connectivity index (χ1n) is 8.69. The summed E-state index contributed by atoms with van der Waals surface area (Å²) in [5.74, 6) is -0.828. The Morgan fingerprint density at radius 2 is 1.78 bits per heavy atom. The van der Waals surface area contributed by atoms with Gasteiger partial charge < -0.3 is 15.0 Å². The molecule has 0 aliphatic rings. The van der Waals surface area contributed by atoms with Gasteiger partial charge in [0.2, 0.25) is 11.8 Å². The van der Waals surface area contributed by atoms with Crippen molar-refractivity contribution in [1.29, 1.82) is 0 Å². The number of anilines is 1. The number of carbonyl (C=O) groups is 3. The number of carbonyl (C=O) groups excluding carboxylic acids is 3. The van der Waals surface area contributed by atoms with Gasteiger partial charge in [0.05, 0.1) is 12.7 Å². The topological polar surface area (TPSA) is 75.7 Å². The zero-order chi connectivity index (χ0) is 19.8. The smallest absolute Gasteiger partial charge is 0.337 e. The number of aryl methyl sites for hydroxylation is 1. The average Bonchev–Trinajstić information content (AvgIpc) is 2.67. The Morgan fingerprint density at radius 3 is 2.41 bits per heavy atom. The van der Waals surface area contributed by atoms with Gasteiger partial charge in [-0.1, -0.05) is 35.9 Å². The molecule has 0 radical (unpaired) electrons. The zero-order valence-corrected chi connectivity index (χ0v) is 15.8. The summed E-state index contributed by atoms with van der Waals surface area (Å²) in [7, 11) is 1.30. The standard InChI is InChI=1S/C21H24N2O4/c1-15-7-9-17(10-8-15)14-22-20(25)11-12-23(16(2)24)19-6-4-5-18(13-19)21(26)27-3/h4-10,13H,11-12,14H2,1-3H3,(H,22,25). The molecule has 142 valence electrons. The maximum absolute atomic E-state index is 12.1. The minimum absolute atomic E-state index is 0.147. The second-order valence-corrected chi connectivity index (χ2v) is 6.22. The molecule has 2 amide bonds. The summed E-state index contributed by atoms with van der Waals surface area (Å²) in [5.41, 5.74) is 3.08. The van der Waals surface area contributed by atoms with Gasteiger partial charge in [0.25, 0.3) is 0 Å². The number of nitrogens with one attached hydrogen (secondary N) is 1. The van der Waals surface area contributed by atoms with Crippen LogP contribution in [0.3, 0.4) is 0 Å². The minimum Gasteiger partial charge on any atom is -0.465 e. The molecular formula is C21H24N2O4. The maximum Gasteiger partial charge on any atom is 0.337 e. The SMILES string of the molecule is COC(=O)c1cccc(N(CCC(=O)NCc2ccc(C)cc2)C(C)=O)c1. The van der Waals surface area contributed by atoms with Crippen molar-refractivity contribution in [2.24, 2.45) is 0 Å². The molecule has 0 heterocycles. The molecule has 2 aromatic rings. The average molecular weight is 368 g/mol. The molecule has 0 aliphatic heterocycles. The molecule has 27 heavy (non-hydrogen) atoms. The van der Waals surface area contributed by atoms with E-state index >= 15 is 0 Å². The lowest BCUT2D eigenvalue weighted by Gasteiger charge is -2.21. The van der Waals surface area contributed by atoms with E-state index in [0.29, 0.717) is 17.8 Å². The maximum atomic E-state index is 12.1. The molecule has 6 heteroatoms. The number of ether oxygens (including phenoxy) is 1. The van der Waals surface area contributed by atoms with Crippen LogP contribution < -0.4 is 10.2 Å². The molecule has 0 aromatic heterocycles. The van der Waals surface area contributed by atoms with E-state index in [0.717, 1.165) is 11.1 Å². The van der Waals surface area contributed by atoms with Gasteiger partial charge in [0, 0.05) is 32.1 Å². The lowest BCUT2D eigenvalue weighted by molar-refractivity contribution is -0.121. The Hall–Kier alpha value is -3.15. The third-order valence-corrected chi connectivity index (χ3v) is 4.13. The molecule has 6 nitrogen and oxygen atoms in total. The fourth-order valence-corrected chi connectivity index (χ4v) is 2.60. The van der Waals surface area contributed by atoms with Crippen LogP contribution in [-0.2, 0) is 20.9 Å². The summed E-state index contributed by atoms with van der Waals surface area (Å²) in [6.07, 6.45) is 0.161. The Kier molecular flexibility index (Phi) is 7.11. The van der Waals surface area contributed by atoms with Crippen LogP contribution in [-0.4, -0.2) is 31.4 Å². The number of rotatable bonds is 7. The first-order valence-corrected chi connectivity index (χ1v) is 8.69. The highest BCUT2D eigenvalue weighted by molar-refractivity contribution is 5.95. The number of hydrogen-bond acceptors (Lipinski definition) is 4. The molecule has 0 unspecified atom stereocenters. The van der Waals surface area contributed by atoms with Crippen LogP contribution in [0, 0.1) is 6.92 Å². The highest BCUT2D eigenvalue weighted by Gasteiger charge is 2.15. The minimum atomic E-state index is -0.476. The molecule has 0 atom stereocenters. The van der Waals surface area contributed by atoms with Crippen molar-refractivity contribution in [3.8, 4) is 0 Å². The lowest BCUT2D eigenvalue weighted by Crippen LogP contribution is -2.33. The Balaban J connectivity index is 1.96. The van der Waals surface area contributed by atoms with Crippen molar-refractivity contribution in [3.05, 3.63) is 65.2 Å². The molecule has 1 N–H and O–H groups in total. The second kappa shape index (κ2) is 9.52. The van der Waals surface area contributed by atoms with Gasteiger partial charge in [-0.15, -0.1) is 0 Å². The van der Waals surface area contributed by atoms with E-state index in [9.17, 15) is 14.4 Å². The van der Waals surface area contributed by atoms with Gasteiger partial charge >= 0.3 is 5.97 Å². The van der Waals surface area contributed by atoms with Gasteiger partial charge in [0.1, 0.15) is 0 Å². The van der Waals surface area contributed by atoms with E-state index in [1.807, 2.05) is 31.2 Å². The van der Waals surface area contributed by atoms with Crippen molar-refractivity contribution < 1.29 is 19.1 Å². The van der Waals surface area contributed by atoms with E-state index in [1.54, 1.807) is 24.3 Å². The molecule has 0 saturated carbocycles. The van der Waals surface area contributed by atoms with E-state index in [-0.39, 0.29) is 24.8 Å². The molecule has 0 fully saturated rings. The van der Waals surface area contributed by atoms with Crippen molar-refractivity contribution in [2.45, 2.75) is 26.8 Å². The summed E-state index contributed by atoms with van der Waals surface area (Å²) >= 11 is 0. The molecule has 2 rings (SSSR count). The molecule has 0 spiro atoms. The molecule has 0 saturated heterocycles. The summed E-state index contributed by atoms with van der Waals surface area (Å²) in [5, 5.41) is 2.85. The number of hydrogen-bond donors (Lipinski definition) is 1. The van der Waals surface area contributed by atoms with Crippen molar-refractivity contribution >= 4 is 23.5 Å². The van der Waals surface area contributed by atoms with Crippen molar-refractivity contribution in [1.82, 2.24) is 5.32 Å². The lowest BCUT2D eigenvalue weighted by atomic mass is 10.1. The van der Waals surface area contributed by atoms with Crippen LogP contribution in [0.2, 0.25) is 0 Å². The first kappa shape index (κ1) is 20.2. The largest absolute Gasteiger partial charge is 0.465 e. The van der Waals surface area contributed by atoms with Gasteiger partial charge in [-0.25, -0.2) is 4.79 Å². The van der Waals surface area contributed by atoms with Gasteiger partial charge in [0.15, 0.2) is 0 Å². The van der Waals surface area contributed by atoms with Gasteiger partial charge in [-0.2, -0.15) is 0 Å². The number of esters is 1. The zero-order valence-electron chi connectivity index (χ0n) is 15.8. The number of benzene rings is 2. The first-order chi connectivity index (χ1) is 12.9. The van der Waals surface area contributed by atoms with Crippen molar-refractivity contribution in [3.63, 3.8) is 0 Å². The fourth-order valence-electron chi connectivity index (χ4n) is 2.60. The molecule has 0 aliphatic carbocycles. The summed E-state index contributed by atoms with van der Waals surface area (Å²) < 4.78 is 4.70. The normalized spacial score (nSPS) is 10.2. The highest BCUT2D eigenvalue weighted by atomic mass is 16.5. The van der Waals surface area contributed by atoms with Gasteiger partial charge in [-0.3, -0.25) is 9.59 Å². The molecular weight excluding hydrogens is 344 g/mol. The van der Waals surface area contributed by atoms with Crippen LogP contribution in [0.1, 0.15) is 34.8 Å². The van der Waals surface area contributed by atoms with E-state index in [1.165, 1.54) is 18.9 Å². The highest BCUT2D eigenvalue weighted by Crippen LogP contribution is 2.17. The van der Waals surface area contributed by atoms with Crippen LogP contribution in [0.25, 0.3) is 0 Å². The fraction of sp³-hybridized carbons (Fsp3) is 0.286. The monoisotopic (exact) mass is 368 g/mol. The van der Waals surface area contributed by atoms with E-state index in [2.05, 4.69) is 5.32 Å². The van der Waals surface area contributed by atoms with Crippen LogP contribution in [0.15, 0.2) is 48.5 Å². The Bertz CT molecular complexity index is 815. The van der Waals surface area contributed by atoms with Crippen molar-refractivity contribution in [2.75, 3.05) is 18.6 Å². The summed E-state index contributed by atoms with van der Waals surface area (Å²) in [6.45, 7) is 4.10. The summed E-state index contributed by atoms with van der Waals surface area (Å²) in [6, 6.07) is 14.5. The summed E-state index contributed by atoms with van der Waals surface area (Å²) in [4.78, 5) is 37.3. The number of methoxy groups -OCH3 is 1. The third kappa shape index (κ3) is 5.95. The van der Waals surface area contributed by atoms with Crippen LogP contribution >= 0.6 is 0 Å². The van der Waals surface area contributed by atoms with E-state index < -0.39 is 5.97 Å². The van der Waals surface area contributed by atoms with Crippen LogP contribution in [0.4, 0.5) is 5.69 Å². The quantitative estimate of drug-likeness (QED) is 0.763. The Labute approximate surface area is 159 Å². The molecule has 0 bridgehead atoms. The third-order valence-electron chi connectivity index (χ3n) is 4.13. The molecule has 2 aromatic carbocycles. The van der Waals surface area contributed by atoms with Crippen LogP contribution in [0.5, 0.6) is 0 Å². The predicted octanol–water partition coefficient (Wildman–Crippen LogP) is 2.84. The number of amides is 2. The second-order valence-electron chi connectivity index (χ2n) is 6.22. The Morgan fingerprint density at radius 1 is 1.07 bits per heavy atom. The van der Waals surface area contributed by atoms with E-state index in [4.69, 9.17) is 4.74 Å². The number of nitrogens with zero attached hydrogens (tertiary/aromatic N) is 1. The predicted molar refractivity (Wildman–Crippen MR) is 103 cm³/mol.